The zero-order valence-electron chi connectivity index (χ0n) is 13.4. The highest BCUT2D eigenvalue weighted by molar-refractivity contribution is 5.81. The summed E-state index contributed by atoms with van der Waals surface area (Å²) in [7, 11) is 0. The predicted octanol–water partition coefficient (Wildman–Crippen LogP) is 2.48. The molecule has 5 heteroatoms. The van der Waals surface area contributed by atoms with Gasteiger partial charge in [-0.05, 0) is 31.7 Å². The molecule has 1 aromatic rings. The molecule has 0 bridgehead atoms. The summed E-state index contributed by atoms with van der Waals surface area (Å²) in [6.45, 7) is 3.02. The normalized spacial score (nSPS) is 31.1. The van der Waals surface area contributed by atoms with Crippen molar-refractivity contribution in [3.63, 3.8) is 0 Å². The summed E-state index contributed by atoms with van der Waals surface area (Å²) in [5, 5.41) is 9.15. The molecule has 0 aromatic heterocycles. The molecule has 0 spiro atoms. The van der Waals surface area contributed by atoms with Crippen molar-refractivity contribution in [3.05, 3.63) is 35.9 Å². The van der Waals surface area contributed by atoms with Crippen molar-refractivity contribution in [2.24, 2.45) is 11.8 Å². The molecule has 1 aliphatic heterocycles. The predicted molar refractivity (Wildman–Crippen MR) is 84.8 cm³/mol. The summed E-state index contributed by atoms with van der Waals surface area (Å²) in [5.74, 6) is -1.25. The van der Waals surface area contributed by atoms with E-state index in [-0.39, 0.29) is 29.9 Å². The van der Waals surface area contributed by atoms with E-state index in [2.05, 4.69) is 0 Å². The second-order valence-corrected chi connectivity index (χ2v) is 6.61. The molecular weight excluding hydrogens is 294 g/mol. The first-order valence-electron chi connectivity index (χ1n) is 8.26. The van der Waals surface area contributed by atoms with E-state index < -0.39 is 5.97 Å². The lowest BCUT2D eigenvalue weighted by Crippen LogP contribution is -2.48. The van der Waals surface area contributed by atoms with Gasteiger partial charge in [0, 0.05) is 12.5 Å². The van der Waals surface area contributed by atoms with Gasteiger partial charge in [0.2, 0.25) is 5.91 Å². The van der Waals surface area contributed by atoms with Crippen molar-refractivity contribution in [2.45, 2.75) is 38.3 Å². The molecule has 5 nitrogen and oxygen atoms in total. The largest absolute Gasteiger partial charge is 0.481 e. The number of amides is 1. The van der Waals surface area contributed by atoms with Crippen LogP contribution in [0.25, 0.3) is 0 Å². The quantitative estimate of drug-likeness (QED) is 0.930. The number of hydrogen-bond acceptors (Lipinski definition) is 3. The van der Waals surface area contributed by atoms with Gasteiger partial charge in [-0.15, -0.1) is 0 Å². The van der Waals surface area contributed by atoms with Gasteiger partial charge < -0.3 is 14.7 Å². The monoisotopic (exact) mass is 317 g/mol. The molecule has 1 amide bonds. The second kappa shape index (κ2) is 6.71. The lowest BCUT2D eigenvalue weighted by Gasteiger charge is -2.40. The smallest absolute Gasteiger partial charge is 0.306 e. The van der Waals surface area contributed by atoms with E-state index in [9.17, 15) is 9.59 Å². The maximum atomic E-state index is 13.0. The van der Waals surface area contributed by atoms with Crippen LogP contribution in [0.3, 0.4) is 0 Å². The maximum Gasteiger partial charge on any atom is 0.306 e. The van der Waals surface area contributed by atoms with Gasteiger partial charge in [-0.3, -0.25) is 9.59 Å². The molecule has 1 heterocycles. The number of morpholine rings is 1. The van der Waals surface area contributed by atoms with Crippen LogP contribution >= 0.6 is 0 Å². The van der Waals surface area contributed by atoms with Crippen LogP contribution < -0.4 is 0 Å². The van der Waals surface area contributed by atoms with E-state index in [4.69, 9.17) is 9.84 Å². The van der Waals surface area contributed by atoms with Gasteiger partial charge in [0.25, 0.3) is 0 Å². The Bertz CT molecular complexity index is 574. The van der Waals surface area contributed by atoms with Crippen LogP contribution in [0.5, 0.6) is 0 Å². The number of carbonyl (C=O) groups excluding carboxylic acids is 1. The third kappa shape index (κ3) is 3.39. The Labute approximate surface area is 136 Å². The van der Waals surface area contributed by atoms with Crippen molar-refractivity contribution in [3.8, 4) is 0 Å². The second-order valence-electron chi connectivity index (χ2n) is 6.61. The van der Waals surface area contributed by atoms with Gasteiger partial charge in [0.15, 0.2) is 0 Å². The van der Waals surface area contributed by atoms with Crippen molar-refractivity contribution < 1.29 is 19.4 Å². The Hall–Kier alpha value is -1.88. The lowest BCUT2D eigenvalue weighted by atomic mass is 9.98. The summed E-state index contributed by atoms with van der Waals surface area (Å²) in [6.07, 6.45) is 1.74. The van der Waals surface area contributed by atoms with Crippen molar-refractivity contribution >= 4 is 11.9 Å². The number of nitrogens with zero attached hydrogens (tertiary/aromatic N) is 1. The standard InChI is InChI=1S/C18H23NO4/c1-12-10-19(16(11-23-12)13-5-3-2-4-6-13)17(20)14-7-8-15(9-14)18(21)22/h2-6,12,14-16H,7-11H2,1H3,(H,21,22)/t12?,14-,15+,16?/m1/s1. The van der Waals surface area contributed by atoms with Gasteiger partial charge in [-0.1, -0.05) is 30.3 Å². The van der Waals surface area contributed by atoms with E-state index in [0.717, 1.165) is 5.56 Å². The molecule has 124 valence electrons. The number of aliphatic carboxylic acids is 1. The molecular formula is C18H23NO4. The minimum absolute atomic E-state index is 0.00980. The SMILES string of the molecule is CC1CN(C(=O)[C@@H]2CC[C@H](C(=O)O)C2)C(c2ccccc2)CO1. The molecule has 23 heavy (non-hydrogen) atoms. The van der Waals surface area contributed by atoms with Crippen LogP contribution in [-0.2, 0) is 14.3 Å². The lowest BCUT2D eigenvalue weighted by molar-refractivity contribution is -0.149. The fraction of sp³-hybridized carbons (Fsp3) is 0.556. The van der Waals surface area contributed by atoms with Gasteiger partial charge in [-0.2, -0.15) is 0 Å². The number of rotatable bonds is 3. The van der Waals surface area contributed by atoms with Crippen LogP contribution in [-0.4, -0.2) is 41.1 Å². The fourth-order valence-electron chi connectivity index (χ4n) is 3.66. The van der Waals surface area contributed by atoms with E-state index in [1.54, 1.807) is 0 Å². The van der Waals surface area contributed by atoms with E-state index in [1.165, 1.54) is 0 Å². The molecule has 1 aliphatic carbocycles. The highest BCUT2D eigenvalue weighted by atomic mass is 16.5. The zero-order chi connectivity index (χ0) is 16.4. The molecule has 2 aliphatic rings. The molecule has 1 N–H and O–H groups in total. The number of hydrogen-bond donors (Lipinski definition) is 1. The molecule has 1 saturated carbocycles. The van der Waals surface area contributed by atoms with Crippen molar-refractivity contribution in [2.75, 3.05) is 13.2 Å². The molecule has 2 fully saturated rings. The van der Waals surface area contributed by atoms with Crippen LogP contribution in [0, 0.1) is 11.8 Å². The number of carbonyl (C=O) groups is 2. The third-order valence-electron chi connectivity index (χ3n) is 4.97. The Balaban J connectivity index is 1.77. The fourth-order valence-corrected chi connectivity index (χ4v) is 3.66. The maximum absolute atomic E-state index is 13.0. The molecule has 1 aromatic carbocycles. The summed E-state index contributed by atoms with van der Waals surface area (Å²) in [6, 6.07) is 9.83. The topological polar surface area (TPSA) is 66.8 Å². The number of benzene rings is 1. The van der Waals surface area contributed by atoms with Gasteiger partial charge in [-0.25, -0.2) is 0 Å². The molecule has 3 rings (SSSR count). The number of carboxylic acids is 1. The van der Waals surface area contributed by atoms with Gasteiger partial charge in [0.05, 0.1) is 24.7 Å². The number of ether oxygens (including phenoxy) is 1. The highest BCUT2D eigenvalue weighted by Crippen LogP contribution is 2.35. The molecule has 0 radical (unpaired) electrons. The molecule has 4 atom stereocenters. The minimum Gasteiger partial charge on any atom is -0.481 e. The Morgan fingerprint density at radius 2 is 1.87 bits per heavy atom. The summed E-state index contributed by atoms with van der Waals surface area (Å²) in [5.41, 5.74) is 1.07. The Kier molecular flexibility index (Phi) is 4.66. The van der Waals surface area contributed by atoms with E-state index >= 15 is 0 Å². The van der Waals surface area contributed by atoms with Crippen molar-refractivity contribution in [1.82, 2.24) is 4.90 Å². The highest BCUT2D eigenvalue weighted by Gasteiger charge is 2.39. The third-order valence-corrected chi connectivity index (χ3v) is 4.97. The average molecular weight is 317 g/mol. The summed E-state index contributed by atoms with van der Waals surface area (Å²) in [4.78, 5) is 26.0. The minimum atomic E-state index is -0.782. The first kappa shape index (κ1) is 16.0. The van der Waals surface area contributed by atoms with Gasteiger partial charge in [0.1, 0.15) is 0 Å². The van der Waals surface area contributed by atoms with E-state index in [0.29, 0.717) is 32.4 Å². The first-order valence-corrected chi connectivity index (χ1v) is 8.26. The molecule has 2 unspecified atom stereocenters. The summed E-state index contributed by atoms with van der Waals surface area (Å²) < 4.78 is 5.76. The Morgan fingerprint density at radius 3 is 2.52 bits per heavy atom. The van der Waals surface area contributed by atoms with E-state index in [1.807, 2.05) is 42.2 Å². The van der Waals surface area contributed by atoms with Crippen LogP contribution in [0.2, 0.25) is 0 Å². The van der Waals surface area contributed by atoms with Crippen LogP contribution in [0.4, 0.5) is 0 Å². The van der Waals surface area contributed by atoms with Gasteiger partial charge >= 0.3 is 5.97 Å². The Morgan fingerprint density at radius 1 is 1.17 bits per heavy atom. The van der Waals surface area contributed by atoms with Crippen LogP contribution in [0.1, 0.15) is 37.8 Å². The average Bonchev–Trinajstić information content (AvgIpc) is 3.05. The van der Waals surface area contributed by atoms with Crippen molar-refractivity contribution in [1.29, 1.82) is 0 Å². The zero-order valence-corrected chi connectivity index (χ0v) is 13.4. The van der Waals surface area contributed by atoms with Crippen LogP contribution in [0.15, 0.2) is 30.3 Å². The molecule has 1 saturated heterocycles. The summed E-state index contributed by atoms with van der Waals surface area (Å²) >= 11 is 0. The number of carboxylic acid groups (broad SMARTS) is 1. The first-order chi connectivity index (χ1) is 11.1.